The second kappa shape index (κ2) is 8.03. The molecular weight excluding hydrogens is 429 g/mol. The van der Waals surface area contributed by atoms with Gasteiger partial charge in [-0.25, -0.2) is 9.50 Å². The molecule has 0 atom stereocenters. The number of amides is 1. The molecule has 158 valence electrons. The zero-order chi connectivity index (χ0) is 22.2. The molecule has 0 unspecified atom stereocenters. The summed E-state index contributed by atoms with van der Waals surface area (Å²) >= 11 is 6.09. The molecule has 31 heavy (non-hydrogen) atoms. The van der Waals surface area contributed by atoms with Crippen molar-refractivity contribution in [3.05, 3.63) is 88.2 Å². The molecule has 0 aliphatic carbocycles. The summed E-state index contributed by atoms with van der Waals surface area (Å²) in [7, 11) is 0. The van der Waals surface area contributed by atoms with Crippen LogP contribution in [0.3, 0.4) is 0 Å². The number of benzene rings is 2. The molecule has 0 spiro atoms. The van der Waals surface area contributed by atoms with Crippen LogP contribution in [0.15, 0.2) is 60.8 Å². The third-order valence-electron chi connectivity index (χ3n) is 4.75. The number of carbonyl (C=O) groups is 1. The maximum atomic E-state index is 13.7. The fourth-order valence-electron chi connectivity index (χ4n) is 3.11. The van der Waals surface area contributed by atoms with Gasteiger partial charge in [0.2, 0.25) is 0 Å². The van der Waals surface area contributed by atoms with Crippen LogP contribution in [0.4, 0.5) is 13.2 Å². The summed E-state index contributed by atoms with van der Waals surface area (Å²) in [4.78, 5) is 17.0. The van der Waals surface area contributed by atoms with Crippen molar-refractivity contribution >= 4 is 23.2 Å². The number of alkyl halides is 3. The molecule has 5 nitrogen and oxygen atoms in total. The molecule has 0 bridgehead atoms. The van der Waals surface area contributed by atoms with Crippen LogP contribution in [0.5, 0.6) is 0 Å². The van der Waals surface area contributed by atoms with E-state index in [9.17, 15) is 18.0 Å². The standard InChI is InChI=1S/C22H16ClF3N4O/c1-13-6-8-14(9-7-13)18-10-19(22(24,25)26)30-20(29-18)16(12-28-30)21(31)27-11-15-4-2-3-5-17(15)23/h2-10,12H,11H2,1H3,(H,27,31). The van der Waals surface area contributed by atoms with Gasteiger partial charge in [0.15, 0.2) is 11.3 Å². The first kappa shape index (κ1) is 20.9. The highest BCUT2D eigenvalue weighted by molar-refractivity contribution is 6.31. The fourth-order valence-corrected chi connectivity index (χ4v) is 3.31. The third-order valence-corrected chi connectivity index (χ3v) is 5.12. The smallest absolute Gasteiger partial charge is 0.348 e. The van der Waals surface area contributed by atoms with E-state index in [1.807, 2.05) is 6.92 Å². The summed E-state index contributed by atoms with van der Waals surface area (Å²) in [5.74, 6) is -0.600. The quantitative estimate of drug-likeness (QED) is 0.464. The Balaban J connectivity index is 1.76. The van der Waals surface area contributed by atoms with Gasteiger partial charge in [-0.1, -0.05) is 59.6 Å². The molecule has 2 heterocycles. The average molecular weight is 445 g/mol. The summed E-state index contributed by atoms with van der Waals surface area (Å²) in [6, 6.07) is 14.8. The number of nitrogens with one attached hydrogen (secondary N) is 1. The van der Waals surface area contributed by atoms with Crippen LogP contribution < -0.4 is 5.32 Å². The lowest BCUT2D eigenvalue weighted by Gasteiger charge is -2.12. The van der Waals surface area contributed by atoms with Gasteiger partial charge in [-0.05, 0) is 24.6 Å². The summed E-state index contributed by atoms with van der Waals surface area (Å²) in [6.45, 7) is 1.99. The monoisotopic (exact) mass is 444 g/mol. The first-order valence-corrected chi connectivity index (χ1v) is 9.66. The number of hydrogen-bond donors (Lipinski definition) is 1. The van der Waals surface area contributed by atoms with Gasteiger partial charge in [0, 0.05) is 17.1 Å². The number of nitrogens with zero attached hydrogens (tertiary/aromatic N) is 3. The molecule has 4 aromatic rings. The first-order valence-electron chi connectivity index (χ1n) is 9.28. The summed E-state index contributed by atoms with van der Waals surface area (Å²) in [6.07, 6.45) is -3.60. The lowest BCUT2D eigenvalue weighted by molar-refractivity contribution is -0.142. The fraction of sp³-hybridized carbons (Fsp3) is 0.136. The molecule has 0 radical (unpaired) electrons. The second-order valence-corrected chi connectivity index (χ2v) is 7.37. The highest BCUT2D eigenvalue weighted by Crippen LogP contribution is 2.32. The Morgan fingerprint density at radius 1 is 1.13 bits per heavy atom. The maximum Gasteiger partial charge on any atom is 0.433 e. The Labute approximate surface area is 180 Å². The molecular formula is C22H16ClF3N4O. The minimum atomic E-state index is -4.68. The molecule has 0 aliphatic heterocycles. The normalized spacial score (nSPS) is 11.6. The van der Waals surface area contributed by atoms with Crippen molar-refractivity contribution in [2.75, 3.05) is 0 Å². The van der Waals surface area contributed by atoms with E-state index in [2.05, 4.69) is 15.4 Å². The summed E-state index contributed by atoms with van der Waals surface area (Å²) in [5, 5.41) is 6.91. The maximum absolute atomic E-state index is 13.7. The number of carbonyl (C=O) groups excluding carboxylic acids is 1. The number of hydrogen-bond acceptors (Lipinski definition) is 3. The lowest BCUT2D eigenvalue weighted by atomic mass is 10.1. The largest absolute Gasteiger partial charge is 0.433 e. The molecule has 0 saturated heterocycles. The van der Waals surface area contributed by atoms with Crippen LogP contribution in [0.1, 0.15) is 27.2 Å². The predicted octanol–water partition coefficient (Wildman–Crippen LogP) is 5.31. The molecule has 1 N–H and O–H groups in total. The molecule has 2 aromatic heterocycles. The number of aromatic nitrogens is 3. The van der Waals surface area contributed by atoms with Crippen molar-refractivity contribution in [2.45, 2.75) is 19.6 Å². The van der Waals surface area contributed by atoms with Gasteiger partial charge in [0.05, 0.1) is 11.9 Å². The van der Waals surface area contributed by atoms with Crippen LogP contribution in [-0.2, 0) is 12.7 Å². The van der Waals surface area contributed by atoms with E-state index in [1.54, 1.807) is 48.5 Å². The number of aryl methyl sites for hydroxylation is 1. The molecule has 0 aliphatic rings. The van der Waals surface area contributed by atoms with Crippen molar-refractivity contribution in [1.82, 2.24) is 19.9 Å². The van der Waals surface area contributed by atoms with E-state index in [-0.39, 0.29) is 23.4 Å². The van der Waals surface area contributed by atoms with E-state index >= 15 is 0 Å². The van der Waals surface area contributed by atoms with E-state index < -0.39 is 17.8 Å². The van der Waals surface area contributed by atoms with Crippen LogP contribution in [0.25, 0.3) is 16.9 Å². The molecule has 2 aromatic carbocycles. The topological polar surface area (TPSA) is 59.3 Å². The van der Waals surface area contributed by atoms with Crippen molar-refractivity contribution in [3.63, 3.8) is 0 Å². The van der Waals surface area contributed by atoms with Gasteiger partial charge in [0.25, 0.3) is 5.91 Å². The molecule has 0 saturated carbocycles. The Hall–Kier alpha value is -3.39. The summed E-state index contributed by atoms with van der Waals surface area (Å²) in [5.41, 5.74) is 0.984. The summed E-state index contributed by atoms with van der Waals surface area (Å²) < 4.78 is 41.7. The SMILES string of the molecule is Cc1ccc(-c2cc(C(F)(F)F)n3ncc(C(=O)NCc4ccccc4Cl)c3n2)cc1. The minimum absolute atomic E-state index is 0.0634. The van der Waals surface area contributed by atoms with Gasteiger partial charge in [-0.2, -0.15) is 18.3 Å². The molecule has 0 fully saturated rings. The number of fused-ring (bicyclic) bond motifs is 1. The van der Waals surface area contributed by atoms with Gasteiger partial charge in [-0.3, -0.25) is 4.79 Å². The molecule has 9 heteroatoms. The average Bonchev–Trinajstić information content (AvgIpc) is 3.16. The molecule has 4 rings (SSSR count). The first-order chi connectivity index (χ1) is 14.7. The van der Waals surface area contributed by atoms with Crippen molar-refractivity contribution < 1.29 is 18.0 Å². The zero-order valence-corrected chi connectivity index (χ0v) is 17.0. The van der Waals surface area contributed by atoms with Gasteiger partial charge >= 0.3 is 6.18 Å². The number of halogens is 4. The van der Waals surface area contributed by atoms with Gasteiger partial charge in [0.1, 0.15) is 5.56 Å². The van der Waals surface area contributed by atoms with Crippen LogP contribution in [-0.4, -0.2) is 20.5 Å². The van der Waals surface area contributed by atoms with Crippen LogP contribution in [0.2, 0.25) is 5.02 Å². The van der Waals surface area contributed by atoms with Crippen LogP contribution in [0, 0.1) is 6.92 Å². The van der Waals surface area contributed by atoms with E-state index in [4.69, 9.17) is 11.6 Å². The third kappa shape index (κ3) is 4.25. The Bertz CT molecular complexity index is 1270. The van der Waals surface area contributed by atoms with Crippen molar-refractivity contribution in [3.8, 4) is 11.3 Å². The van der Waals surface area contributed by atoms with Gasteiger partial charge < -0.3 is 5.32 Å². The lowest BCUT2D eigenvalue weighted by Crippen LogP contribution is -2.23. The molecule has 1 amide bonds. The highest BCUT2D eigenvalue weighted by Gasteiger charge is 2.36. The highest BCUT2D eigenvalue weighted by atomic mass is 35.5. The van der Waals surface area contributed by atoms with E-state index in [1.165, 1.54) is 0 Å². The predicted molar refractivity (Wildman–Crippen MR) is 111 cm³/mol. The van der Waals surface area contributed by atoms with Crippen LogP contribution >= 0.6 is 11.6 Å². The Kier molecular flexibility index (Phi) is 5.41. The van der Waals surface area contributed by atoms with Gasteiger partial charge in [-0.15, -0.1) is 0 Å². The second-order valence-electron chi connectivity index (χ2n) is 6.96. The Morgan fingerprint density at radius 3 is 2.52 bits per heavy atom. The van der Waals surface area contributed by atoms with E-state index in [0.29, 0.717) is 20.7 Å². The minimum Gasteiger partial charge on any atom is -0.348 e. The van der Waals surface area contributed by atoms with Crippen molar-refractivity contribution in [1.29, 1.82) is 0 Å². The zero-order valence-electron chi connectivity index (χ0n) is 16.2. The Morgan fingerprint density at radius 2 is 1.84 bits per heavy atom. The van der Waals surface area contributed by atoms with E-state index in [0.717, 1.165) is 17.8 Å². The van der Waals surface area contributed by atoms with Crippen molar-refractivity contribution in [2.24, 2.45) is 0 Å². The number of rotatable bonds is 4.